The molecule has 4 heteroatoms. The highest BCUT2D eigenvalue weighted by Gasteiger charge is 2.31. The summed E-state index contributed by atoms with van der Waals surface area (Å²) in [5.41, 5.74) is 0. The Balaban J connectivity index is 1.92. The van der Waals surface area contributed by atoms with Gasteiger partial charge in [0.2, 0.25) is 0 Å². The number of nitrogens with one attached hydrogen (secondary N) is 1. The van der Waals surface area contributed by atoms with Crippen LogP contribution in [-0.2, 0) is 0 Å². The van der Waals surface area contributed by atoms with Crippen LogP contribution in [0.2, 0.25) is 0 Å². The fraction of sp³-hybridized carbons (Fsp3) is 1.00. The largest absolute Gasteiger partial charge is 0.314 e. The Morgan fingerprint density at radius 2 is 1.94 bits per heavy atom. The minimum atomic E-state index is -2.19. The van der Waals surface area contributed by atoms with Crippen LogP contribution < -0.4 is 5.32 Å². The van der Waals surface area contributed by atoms with Crippen LogP contribution in [0.4, 0.5) is 8.78 Å². The zero-order valence-corrected chi connectivity index (χ0v) is 9.80. The summed E-state index contributed by atoms with van der Waals surface area (Å²) >= 11 is 0. The van der Waals surface area contributed by atoms with Gasteiger partial charge in [-0.3, -0.25) is 4.90 Å². The summed E-state index contributed by atoms with van der Waals surface area (Å²) < 4.78 is 25.0. The van der Waals surface area contributed by atoms with Crippen molar-refractivity contribution in [3.63, 3.8) is 0 Å². The van der Waals surface area contributed by atoms with Crippen molar-refractivity contribution in [3.05, 3.63) is 0 Å². The number of nitrogens with zero attached hydrogens (tertiary/aromatic N) is 1. The number of rotatable bonds is 3. The third-order valence-electron chi connectivity index (χ3n) is 3.96. The first-order valence-electron chi connectivity index (χ1n) is 6.50. The van der Waals surface area contributed by atoms with Crippen molar-refractivity contribution in [2.45, 2.75) is 44.6 Å². The van der Waals surface area contributed by atoms with Gasteiger partial charge in [-0.05, 0) is 18.8 Å². The maximum atomic E-state index is 12.5. The molecule has 1 unspecified atom stereocenters. The zero-order chi connectivity index (χ0) is 11.4. The molecule has 1 aliphatic heterocycles. The highest BCUT2D eigenvalue weighted by molar-refractivity contribution is 4.87. The summed E-state index contributed by atoms with van der Waals surface area (Å²) in [7, 11) is 0. The Bertz CT molecular complexity index is 205. The fourth-order valence-corrected chi connectivity index (χ4v) is 3.16. The van der Waals surface area contributed by atoms with Gasteiger partial charge in [-0.15, -0.1) is 0 Å². The maximum Gasteiger partial charge on any atom is 0.251 e. The first kappa shape index (κ1) is 12.2. The average molecular weight is 232 g/mol. The Labute approximate surface area is 96.4 Å². The molecule has 1 saturated heterocycles. The van der Waals surface area contributed by atoms with Crippen molar-refractivity contribution < 1.29 is 8.78 Å². The molecule has 2 aliphatic rings. The quantitative estimate of drug-likeness (QED) is 0.801. The summed E-state index contributed by atoms with van der Waals surface area (Å²) in [6, 6.07) is 0.350. The van der Waals surface area contributed by atoms with Gasteiger partial charge in [0, 0.05) is 25.7 Å². The molecule has 1 atom stereocenters. The van der Waals surface area contributed by atoms with Crippen molar-refractivity contribution in [2.75, 3.05) is 26.2 Å². The van der Waals surface area contributed by atoms with Gasteiger partial charge >= 0.3 is 0 Å². The summed E-state index contributed by atoms with van der Waals surface area (Å²) in [4.78, 5) is 2.01. The van der Waals surface area contributed by atoms with Crippen LogP contribution in [0.3, 0.4) is 0 Å². The number of hydrogen-bond acceptors (Lipinski definition) is 2. The van der Waals surface area contributed by atoms with Gasteiger partial charge in [-0.25, -0.2) is 8.78 Å². The van der Waals surface area contributed by atoms with E-state index in [9.17, 15) is 8.78 Å². The standard InChI is InChI=1S/C12H22F2N2/c13-12(14)9-16-7-6-15-8-11(16)10-4-2-1-3-5-10/h10-12,15H,1-9H2. The predicted octanol–water partition coefficient (Wildman–Crippen LogP) is 2.11. The van der Waals surface area contributed by atoms with Crippen LogP contribution in [0.25, 0.3) is 0 Å². The molecule has 1 heterocycles. The van der Waals surface area contributed by atoms with E-state index in [2.05, 4.69) is 5.32 Å². The number of halogens is 2. The van der Waals surface area contributed by atoms with Crippen LogP contribution in [0.1, 0.15) is 32.1 Å². The highest BCUT2D eigenvalue weighted by Crippen LogP contribution is 2.29. The molecule has 1 N–H and O–H groups in total. The molecule has 94 valence electrons. The number of piperazine rings is 1. The highest BCUT2D eigenvalue weighted by atomic mass is 19.3. The summed E-state index contributed by atoms with van der Waals surface area (Å²) in [5.74, 6) is 0.639. The molecule has 16 heavy (non-hydrogen) atoms. The Kier molecular flexibility index (Phi) is 4.53. The Morgan fingerprint density at radius 3 is 2.62 bits per heavy atom. The molecule has 0 bridgehead atoms. The SMILES string of the molecule is FC(F)CN1CCNCC1C1CCCCC1. The molecule has 1 aliphatic carbocycles. The lowest BCUT2D eigenvalue weighted by molar-refractivity contribution is 0.0281. The third-order valence-corrected chi connectivity index (χ3v) is 3.96. The van der Waals surface area contributed by atoms with Gasteiger partial charge in [-0.1, -0.05) is 19.3 Å². The van der Waals surface area contributed by atoms with E-state index < -0.39 is 6.43 Å². The Morgan fingerprint density at radius 1 is 1.19 bits per heavy atom. The van der Waals surface area contributed by atoms with Gasteiger partial charge < -0.3 is 5.32 Å². The molecule has 0 aromatic heterocycles. The smallest absolute Gasteiger partial charge is 0.251 e. The van der Waals surface area contributed by atoms with E-state index in [0.29, 0.717) is 12.0 Å². The van der Waals surface area contributed by atoms with Gasteiger partial charge in [0.1, 0.15) is 0 Å². The number of alkyl halides is 2. The topological polar surface area (TPSA) is 15.3 Å². The van der Waals surface area contributed by atoms with Crippen molar-refractivity contribution >= 4 is 0 Å². The van der Waals surface area contributed by atoms with E-state index in [-0.39, 0.29) is 6.54 Å². The summed E-state index contributed by atoms with van der Waals surface area (Å²) in [5, 5.41) is 3.35. The van der Waals surface area contributed by atoms with E-state index in [1.54, 1.807) is 0 Å². The van der Waals surface area contributed by atoms with Gasteiger partial charge in [0.25, 0.3) is 6.43 Å². The van der Waals surface area contributed by atoms with Crippen LogP contribution in [0, 0.1) is 5.92 Å². The van der Waals surface area contributed by atoms with E-state index in [1.165, 1.54) is 32.1 Å². The molecule has 0 spiro atoms. The van der Waals surface area contributed by atoms with E-state index in [4.69, 9.17) is 0 Å². The van der Waals surface area contributed by atoms with E-state index in [1.807, 2.05) is 4.90 Å². The van der Waals surface area contributed by atoms with E-state index in [0.717, 1.165) is 19.6 Å². The summed E-state index contributed by atoms with van der Waals surface area (Å²) in [6.07, 6.45) is 4.15. The zero-order valence-electron chi connectivity index (χ0n) is 9.80. The van der Waals surface area contributed by atoms with Gasteiger partial charge in [-0.2, -0.15) is 0 Å². The molecule has 2 nitrogen and oxygen atoms in total. The lowest BCUT2D eigenvalue weighted by Gasteiger charge is -2.42. The molecule has 0 aromatic carbocycles. The minimum Gasteiger partial charge on any atom is -0.314 e. The normalized spacial score (nSPS) is 29.8. The lowest BCUT2D eigenvalue weighted by Crippen LogP contribution is -2.55. The number of hydrogen-bond donors (Lipinski definition) is 1. The van der Waals surface area contributed by atoms with Gasteiger partial charge in [0.05, 0.1) is 6.54 Å². The van der Waals surface area contributed by atoms with Gasteiger partial charge in [0.15, 0.2) is 0 Å². The van der Waals surface area contributed by atoms with Crippen LogP contribution in [-0.4, -0.2) is 43.5 Å². The molecule has 0 amide bonds. The molecule has 1 saturated carbocycles. The fourth-order valence-electron chi connectivity index (χ4n) is 3.16. The molecule has 2 fully saturated rings. The maximum absolute atomic E-state index is 12.5. The summed E-state index contributed by atoms with van der Waals surface area (Å²) in [6.45, 7) is 2.50. The van der Waals surface area contributed by atoms with Crippen molar-refractivity contribution in [3.8, 4) is 0 Å². The molecule has 0 radical (unpaired) electrons. The van der Waals surface area contributed by atoms with E-state index >= 15 is 0 Å². The molecular formula is C12H22F2N2. The minimum absolute atomic E-state index is 0.0388. The average Bonchev–Trinajstić information content (AvgIpc) is 2.30. The van der Waals surface area contributed by atoms with Crippen LogP contribution >= 0.6 is 0 Å². The second-order valence-corrected chi connectivity index (χ2v) is 5.06. The first-order valence-corrected chi connectivity index (χ1v) is 6.50. The monoisotopic (exact) mass is 232 g/mol. The van der Waals surface area contributed by atoms with Crippen LogP contribution in [0.15, 0.2) is 0 Å². The molecular weight excluding hydrogens is 210 g/mol. The van der Waals surface area contributed by atoms with Crippen LogP contribution in [0.5, 0.6) is 0 Å². The third kappa shape index (κ3) is 3.14. The van der Waals surface area contributed by atoms with Crippen molar-refractivity contribution in [2.24, 2.45) is 5.92 Å². The predicted molar refractivity (Wildman–Crippen MR) is 60.8 cm³/mol. The lowest BCUT2D eigenvalue weighted by atomic mass is 9.82. The van der Waals surface area contributed by atoms with Crippen molar-refractivity contribution in [1.29, 1.82) is 0 Å². The second kappa shape index (κ2) is 5.92. The van der Waals surface area contributed by atoms with Crippen molar-refractivity contribution in [1.82, 2.24) is 10.2 Å². The second-order valence-electron chi connectivity index (χ2n) is 5.06. The molecule has 0 aromatic rings. The Hall–Kier alpha value is -0.220. The molecule has 2 rings (SSSR count). The first-order chi connectivity index (χ1) is 7.77.